The summed E-state index contributed by atoms with van der Waals surface area (Å²) < 4.78 is 0. The van der Waals surface area contributed by atoms with Gasteiger partial charge < -0.3 is 11.1 Å². The first kappa shape index (κ1) is 10.0. The van der Waals surface area contributed by atoms with Crippen LogP contribution in [-0.4, -0.2) is 5.91 Å². The number of anilines is 2. The molecule has 0 radical (unpaired) electrons. The summed E-state index contributed by atoms with van der Waals surface area (Å²) in [5, 5.41) is 2.89. The van der Waals surface area contributed by atoms with Crippen molar-refractivity contribution in [2.45, 2.75) is 26.2 Å². The first-order valence-electron chi connectivity index (χ1n) is 5.31. The van der Waals surface area contributed by atoms with Crippen molar-refractivity contribution in [1.82, 2.24) is 0 Å². The zero-order chi connectivity index (χ0) is 10.8. The molecule has 1 aliphatic carbocycles. The lowest BCUT2D eigenvalue weighted by Crippen LogP contribution is -2.12. The molecule has 0 atom stereocenters. The van der Waals surface area contributed by atoms with Crippen LogP contribution >= 0.6 is 0 Å². The number of amides is 1. The van der Waals surface area contributed by atoms with Crippen molar-refractivity contribution in [1.29, 1.82) is 0 Å². The molecule has 1 amide bonds. The Bertz CT molecular complexity index is 383. The van der Waals surface area contributed by atoms with Crippen LogP contribution in [0.15, 0.2) is 18.2 Å². The third-order valence-corrected chi connectivity index (χ3v) is 2.72. The molecule has 1 aromatic rings. The highest BCUT2D eigenvalue weighted by molar-refractivity contribution is 5.91. The molecule has 3 nitrogen and oxygen atoms in total. The molecule has 1 saturated carbocycles. The van der Waals surface area contributed by atoms with Crippen molar-refractivity contribution < 1.29 is 4.79 Å². The second kappa shape index (κ2) is 3.93. The quantitative estimate of drug-likeness (QED) is 0.742. The lowest BCUT2D eigenvalue weighted by molar-refractivity contribution is -0.116. The fraction of sp³-hybridized carbons (Fsp3) is 0.417. The van der Waals surface area contributed by atoms with E-state index in [4.69, 9.17) is 5.73 Å². The van der Waals surface area contributed by atoms with Gasteiger partial charge in [-0.15, -0.1) is 0 Å². The molecule has 2 rings (SSSR count). The molecule has 0 aromatic heterocycles. The summed E-state index contributed by atoms with van der Waals surface area (Å²) in [7, 11) is 0. The number of carbonyl (C=O) groups excluding carboxylic acids is 1. The lowest BCUT2D eigenvalue weighted by Gasteiger charge is -2.06. The van der Waals surface area contributed by atoms with Gasteiger partial charge in [0, 0.05) is 17.8 Å². The molecule has 0 unspecified atom stereocenters. The van der Waals surface area contributed by atoms with Crippen LogP contribution in [0, 0.1) is 12.8 Å². The molecule has 0 saturated heterocycles. The molecule has 0 spiro atoms. The zero-order valence-corrected chi connectivity index (χ0v) is 8.92. The Morgan fingerprint density at radius 1 is 1.53 bits per heavy atom. The summed E-state index contributed by atoms with van der Waals surface area (Å²) in [5.41, 5.74) is 8.30. The van der Waals surface area contributed by atoms with Crippen LogP contribution in [0.2, 0.25) is 0 Å². The number of nitrogens with one attached hydrogen (secondary N) is 1. The van der Waals surface area contributed by atoms with E-state index in [2.05, 4.69) is 5.32 Å². The standard InChI is InChI=1S/C12H16N2O/c1-8-6-10(4-5-11(8)13)14-12(15)7-9-2-3-9/h4-6,9H,2-3,7,13H2,1H3,(H,14,15). The molecule has 80 valence electrons. The van der Waals surface area contributed by atoms with Gasteiger partial charge in [0.1, 0.15) is 0 Å². The van der Waals surface area contributed by atoms with Crippen LogP contribution in [0.3, 0.4) is 0 Å². The van der Waals surface area contributed by atoms with Crippen molar-refractivity contribution in [2.75, 3.05) is 11.1 Å². The summed E-state index contributed by atoms with van der Waals surface area (Å²) in [6.07, 6.45) is 3.06. The zero-order valence-electron chi connectivity index (χ0n) is 8.92. The predicted molar refractivity (Wildman–Crippen MR) is 61.6 cm³/mol. The van der Waals surface area contributed by atoms with Crippen molar-refractivity contribution in [2.24, 2.45) is 5.92 Å². The molecule has 15 heavy (non-hydrogen) atoms. The number of rotatable bonds is 3. The smallest absolute Gasteiger partial charge is 0.224 e. The summed E-state index contributed by atoms with van der Waals surface area (Å²) in [6, 6.07) is 5.56. The Hall–Kier alpha value is -1.51. The first-order chi connectivity index (χ1) is 7.15. The number of benzene rings is 1. The van der Waals surface area contributed by atoms with E-state index in [0.717, 1.165) is 16.9 Å². The van der Waals surface area contributed by atoms with Gasteiger partial charge in [0.2, 0.25) is 5.91 Å². The van der Waals surface area contributed by atoms with Gasteiger partial charge in [-0.25, -0.2) is 0 Å². The minimum Gasteiger partial charge on any atom is -0.399 e. The van der Waals surface area contributed by atoms with Crippen LogP contribution < -0.4 is 11.1 Å². The van der Waals surface area contributed by atoms with Gasteiger partial charge in [-0.05, 0) is 49.4 Å². The van der Waals surface area contributed by atoms with Gasteiger partial charge in [-0.3, -0.25) is 4.79 Å². The highest BCUT2D eigenvalue weighted by atomic mass is 16.1. The van der Waals surface area contributed by atoms with E-state index in [1.165, 1.54) is 12.8 Å². The molecule has 1 aromatic carbocycles. The van der Waals surface area contributed by atoms with E-state index in [1.807, 2.05) is 25.1 Å². The minimum atomic E-state index is 0.113. The summed E-state index contributed by atoms with van der Waals surface area (Å²) in [4.78, 5) is 11.5. The molecule has 3 N–H and O–H groups in total. The molecular formula is C12H16N2O. The van der Waals surface area contributed by atoms with Crippen molar-refractivity contribution in [3.63, 3.8) is 0 Å². The normalized spacial score (nSPS) is 15.0. The molecule has 1 aliphatic rings. The lowest BCUT2D eigenvalue weighted by atomic mass is 10.2. The maximum absolute atomic E-state index is 11.5. The Morgan fingerprint density at radius 2 is 2.27 bits per heavy atom. The molecule has 0 heterocycles. The van der Waals surface area contributed by atoms with Crippen LogP contribution in [0.5, 0.6) is 0 Å². The van der Waals surface area contributed by atoms with E-state index in [9.17, 15) is 4.79 Å². The largest absolute Gasteiger partial charge is 0.399 e. The Labute approximate surface area is 89.7 Å². The Morgan fingerprint density at radius 3 is 2.87 bits per heavy atom. The van der Waals surface area contributed by atoms with Gasteiger partial charge in [-0.1, -0.05) is 0 Å². The van der Waals surface area contributed by atoms with Crippen molar-refractivity contribution in [3.8, 4) is 0 Å². The second-order valence-electron chi connectivity index (χ2n) is 4.27. The summed E-state index contributed by atoms with van der Waals surface area (Å²) in [6.45, 7) is 1.94. The fourth-order valence-corrected chi connectivity index (χ4v) is 1.55. The molecule has 0 aliphatic heterocycles. The number of nitrogen functional groups attached to an aromatic ring is 1. The number of hydrogen-bond donors (Lipinski definition) is 2. The topological polar surface area (TPSA) is 55.1 Å². The Balaban J connectivity index is 1.97. The summed E-state index contributed by atoms with van der Waals surface area (Å²) >= 11 is 0. The third-order valence-electron chi connectivity index (χ3n) is 2.72. The van der Waals surface area contributed by atoms with E-state index in [-0.39, 0.29) is 5.91 Å². The Kier molecular flexibility index (Phi) is 2.62. The molecule has 1 fully saturated rings. The minimum absolute atomic E-state index is 0.113. The SMILES string of the molecule is Cc1cc(NC(=O)CC2CC2)ccc1N. The van der Waals surface area contributed by atoms with Crippen LogP contribution in [0.1, 0.15) is 24.8 Å². The van der Waals surface area contributed by atoms with Gasteiger partial charge >= 0.3 is 0 Å². The average molecular weight is 204 g/mol. The van der Waals surface area contributed by atoms with E-state index >= 15 is 0 Å². The maximum Gasteiger partial charge on any atom is 0.224 e. The van der Waals surface area contributed by atoms with Gasteiger partial charge in [0.15, 0.2) is 0 Å². The number of aryl methyl sites for hydroxylation is 1. The van der Waals surface area contributed by atoms with Gasteiger partial charge in [-0.2, -0.15) is 0 Å². The van der Waals surface area contributed by atoms with E-state index < -0.39 is 0 Å². The van der Waals surface area contributed by atoms with Crippen LogP contribution in [0.4, 0.5) is 11.4 Å². The van der Waals surface area contributed by atoms with Gasteiger partial charge in [0.05, 0.1) is 0 Å². The fourth-order valence-electron chi connectivity index (χ4n) is 1.55. The highest BCUT2D eigenvalue weighted by Gasteiger charge is 2.24. The van der Waals surface area contributed by atoms with E-state index in [1.54, 1.807) is 0 Å². The van der Waals surface area contributed by atoms with E-state index in [0.29, 0.717) is 12.3 Å². The molecule has 3 heteroatoms. The maximum atomic E-state index is 11.5. The third kappa shape index (κ3) is 2.72. The monoisotopic (exact) mass is 204 g/mol. The number of carbonyl (C=O) groups is 1. The molecule has 0 bridgehead atoms. The number of hydrogen-bond acceptors (Lipinski definition) is 2. The van der Waals surface area contributed by atoms with Crippen molar-refractivity contribution >= 4 is 17.3 Å². The second-order valence-corrected chi connectivity index (χ2v) is 4.27. The van der Waals surface area contributed by atoms with Gasteiger partial charge in [0.25, 0.3) is 0 Å². The summed E-state index contributed by atoms with van der Waals surface area (Å²) in [5.74, 6) is 0.738. The average Bonchev–Trinajstić information content (AvgIpc) is 2.95. The van der Waals surface area contributed by atoms with Crippen molar-refractivity contribution in [3.05, 3.63) is 23.8 Å². The van der Waals surface area contributed by atoms with Crippen LogP contribution in [-0.2, 0) is 4.79 Å². The van der Waals surface area contributed by atoms with Crippen LogP contribution in [0.25, 0.3) is 0 Å². The highest BCUT2D eigenvalue weighted by Crippen LogP contribution is 2.32. The number of nitrogens with two attached hydrogens (primary N) is 1. The predicted octanol–water partition coefficient (Wildman–Crippen LogP) is 2.32. The first-order valence-corrected chi connectivity index (χ1v) is 5.31. The molecular weight excluding hydrogens is 188 g/mol.